The van der Waals surface area contributed by atoms with Crippen molar-refractivity contribution in [2.75, 3.05) is 13.1 Å². The van der Waals surface area contributed by atoms with E-state index in [0.717, 1.165) is 3.57 Å². The lowest BCUT2D eigenvalue weighted by atomic mass is 10.2. The van der Waals surface area contributed by atoms with Crippen LogP contribution in [0.1, 0.15) is 20.0 Å². The van der Waals surface area contributed by atoms with Crippen LogP contribution in [0.4, 0.5) is 0 Å². The molecule has 0 bridgehead atoms. The number of halogens is 1. The van der Waals surface area contributed by atoms with Crippen LogP contribution >= 0.6 is 33.9 Å². The molecule has 0 atom stereocenters. The van der Waals surface area contributed by atoms with Gasteiger partial charge in [-0.15, -0.1) is 11.3 Å². The Kier molecular flexibility index (Phi) is 5.54. The van der Waals surface area contributed by atoms with Crippen LogP contribution in [-0.2, 0) is 0 Å². The van der Waals surface area contributed by atoms with Crippen molar-refractivity contribution in [3.63, 3.8) is 0 Å². The fourth-order valence-corrected chi connectivity index (χ4v) is 2.86. The SMILES string of the molecule is O=C(NCCNC(=O)c1ccccc1I)c1cccs1. The average Bonchev–Trinajstić information content (AvgIpc) is 2.98. The van der Waals surface area contributed by atoms with Gasteiger partial charge in [0.15, 0.2) is 0 Å². The summed E-state index contributed by atoms with van der Waals surface area (Å²) in [6.45, 7) is 0.812. The molecule has 0 spiro atoms. The van der Waals surface area contributed by atoms with Gasteiger partial charge in [-0.05, 0) is 46.2 Å². The minimum atomic E-state index is -0.125. The van der Waals surface area contributed by atoms with Gasteiger partial charge in [-0.1, -0.05) is 18.2 Å². The first-order chi connectivity index (χ1) is 9.68. The van der Waals surface area contributed by atoms with Crippen molar-refractivity contribution in [3.05, 3.63) is 55.8 Å². The first-order valence-corrected chi connectivity index (χ1v) is 7.99. The molecule has 1 heterocycles. The topological polar surface area (TPSA) is 58.2 Å². The summed E-state index contributed by atoms with van der Waals surface area (Å²) in [5.74, 6) is -0.232. The molecule has 2 rings (SSSR count). The van der Waals surface area contributed by atoms with Crippen LogP contribution in [0.2, 0.25) is 0 Å². The van der Waals surface area contributed by atoms with E-state index in [1.54, 1.807) is 12.1 Å². The lowest BCUT2D eigenvalue weighted by Crippen LogP contribution is -2.34. The fraction of sp³-hybridized carbons (Fsp3) is 0.143. The number of thiophene rings is 1. The zero-order valence-electron chi connectivity index (χ0n) is 10.6. The molecule has 0 unspecified atom stereocenters. The Balaban J connectivity index is 1.75. The van der Waals surface area contributed by atoms with Crippen LogP contribution in [0.5, 0.6) is 0 Å². The highest BCUT2D eigenvalue weighted by Gasteiger charge is 2.09. The molecule has 0 aliphatic rings. The summed E-state index contributed by atoms with van der Waals surface area (Å²) in [4.78, 5) is 24.2. The zero-order valence-corrected chi connectivity index (χ0v) is 13.5. The van der Waals surface area contributed by atoms with E-state index in [4.69, 9.17) is 0 Å². The molecule has 2 N–H and O–H groups in total. The molecule has 4 nitrogen and oxygen atoms in total. The monoisotopic (exact) mass is 400 g/mol. The molecule has 0 aliphatic heterocycles. The lowest BCUT2D eigenvalue weighted by molar-refractivity contribution is 0.0929. The van der Waals surface area contributed by atoms with E-state index in [1.165, 1.54) is 11.3 Å². The van der Waals surface area contributed by atoms with E-state index < -0.39 is 0 Å². The third-order valence-electron chi connectivity index (χ3n) is 2.56. The molecule has 20 heavy (non-hydrogen) atoms. The van der Waals surface area contributed by atoms with Gasteiger partial charge in [-0.2, -0.15) is 0 Å². The summed E-state index contributed by atoms with van der Waals surface area (Å²) in [6.07, 6.45) is 0. The second-order valence-electron chi connectivity index (χ2n) is 3.97. The fourth-order valence-electron chi connectivity index (χ4n) is 1.59. The van der Waals surface area contributed by atoms with Crippen LogP contribution in [0.15, 0.2) is 41.8 Å². The van der Waals surface area contributed by atoms with Crippen molar-refractivity contribution in [2.45, 2.75) is 0 Å². The number of amides is 2. The van der Waals surface area contributed by atoms with Crippen LogP contribution in [0, 0.1) is 3.57 Å². The molecule has 2 amide bonds. The number of nitrogens with one attached hydrogen (secondary N) is 2. The Morgan fingerprint density at radius 3 is 2.35 bits per heavy atom. The molecule has 1 aromatic heterocycles. The van der Waals surface area contributed by atoms with Gasteiger partial charge in [0, 0.05) is 16.7 Å². The number of hydrogen-bond donors (Lipinski definition) is 2. The molecule has 0 saturated heterocycles. The van der Waals surface area contributed by atoms with Gasteiger partial charge in [0.2, 0.25) is 0 Å². The minimum absolute atomic E-state index is 0.108. The zero-order chi connectivity index (χ0) is 14.4. The van der Waals surface area contributed by atoms with E-state index in [2.05, 4.69) is 33.2 Å². The summed E-state index contributed by atoms with van der Waals surface area (Å²) < 4.78 is 0.908. The summed E-state index contributed by atoms with van der Waals surface area (Å²) in [5.41, 5.74) is 0.651. The van der Waals surface area contributed by atoms with Crippen molar-refractivity contribution in [1.29, 1.82) is 0 Å². The van der Waals surface area contributed by atoms with E-state index >= 15 is 0 Å². The van der Waals surface area contributed by atoms with E-state index in [-0.39, 0.29) is 11.8 Å². The summed E-state index contributed by atoms with van der Waals surface area (Å²) in [7, 11) is 0. The van der Waals surface area contributed by atoms with Crippen LogP contribution in [-0.4, -0.2) is 24.9 Å². The average molecular weight is 400 g/mol. The second kappa shape index (κ2) is 7.39. The van der Waals surface area contributed by atoms with E-state index in [0.29, 0.717) is 23.5 Å². The quantitative estimate of drug-likeness (QED) is 0.599. The number of benzene rings is 1. The minimum Gasteiger partial charge on any atom is -0.350 e. The molecule has 1 aromatic carbocycles. The maximum Gasteiger partial charge on any atom is 0.261 e. The first-order valence-electron chi connectivity index (χ1n) is 6.03. The van der Waals surface area contributed by atoms with Crippen molar-refractivity contribution >= 4 is 45.7 Å². The number of carbonyl (C=O) groups excluding carboxylic acids is 2. The number of rotatable bonds is 5. The molecular formula is C14H13IN2O2S. The predicted molar refractivity (Wildman–Crippen MR) is 88.1 cm³/mol. The Morgan fingerprint density at radius 1 is 1.00 bits per heavy atom. The van der Waals surface area contributed by atoms with Gasteiger partial charge in [0.05, 0.1) is 10.4 Å². The van der Waals surface area contributed by atoms with Crippen molar-refractivity contribution < 1.29 is 9.59 Å². The number of carbonyl (C=O) groups is 2. The molecule has 0 fully saturated rings. The smallest absolute Gasteiger partial charge is 0.261 e. The molecule has 2 aromatic rings. The standard InChI is InChI=1S/C14H13IN2O2S/c15-11-5-2-1-4-10(11)13(18)16-7-8-17-14(19)12-6-3-9-20-12/h1-6,9H,7-8H2,(H,16,18)(H,17,19). The summed E-state index contributed by atoms with van der Waals surface area (Å²) in [5, 5.41) is 7.40. The van der Waals surface area contributed by atoms with Crippen LogP contribution < -0.4 is 10.6 Å². The first kappa shape index (κ1) is 15.0. The van der Waals surface area contributed by atoms with Gasteiger partial charge in [-0.3, -0.25) is 9.59 Å². The van der Waals surface area contributed by atoms with Gasteiger partial charge >= 0.3 is 0 Å². The molecule has 0 saturated carbocycles. The molecule has 0 radical (unpaired) electrons. The van der Waals surface area contributed by atoms with Crippen molar-refractivity contribution in [2.24, 2.45) is 0 Å². The Morgan fingerprint density at radius 2 is 1.70 bits per heavy atom. The second-order valence-corrected chi connectivity index (χ2v) is 6.08. The highest BCUT2D eigenvalue weighted by atomic mass is 127. The summed E-state index contributed by atoms with van der Waals surface area (Å²) in [6, 6.07) is 11.0. The van der Waals surface area contributed by atoms with Crippen molar-refractivity contribution in [3.8, 4) is 0 Å². The van der Waals surface area contributed by atoms with E-state index in [1.807, 2.05) is 29.6 Å². The molecule has 104 valence electrons. The largest absolute Gasteiger partial charge is 0.350 e. The summed E-state index contributed by atoms with van der Waals surface area (Å²) >= 11 is 3.52. The predicted octanol–water partition coefficient (Wildman–Crippen LogP) is 2.51. The Bertz CT molecular complexity index is 599. The maximum atomic E-state index is 11.9. The van der Waals surface area contributed by atoms with Crippen LogP contribution in [0.3, 0.4) is 0 Å². The third-order valence-corrected chi connectivity index (χ3v) is 4.37. The maximum absolute atomic E-state index is 11.9. The van der Waals surface area contributed by atoms with Gasteiger partial charge in [0.1, 0.15) is 0 Å². The molecular weight excluding hydrogens is 387 g/mol. The molecule has 0 aliphatic carbocycles. The Hall–Kier alpha value is -1.41. The highest BCUT2D eigenvalue weighted by Crippen LogP contribution is 2.10. The van der Waals surface area contributed by atoms with Crippen molar-refractivity contribution in [1.82, 2.24) is 10.6 Å². The van der Waals surface area contributed by atoms with Crippen LogP contribution in [0.25, 0.3) is 0 Å². The molecule has 6 heteroatoms. The van der Waals surface area contributed by atoms with Gasteiger partial charge in [-0.25, -0.2) is 0 Å². The van der Waals surface area contributed by atoms with Gasteiger partial charge in [0.25, 0.3) is 11.8 Å². The lowest BCUT2D eigenvalue weighted by Gasteiger charge is -2.07. The third kappa shape index (κ3) is 4.04. The normalized spacial score (nSPS) is 10.1. The number of hydrogen-bond acceptors (Lipinski definition) is 3. The van der Waals surface area contributed by atoms with Gasteiger partial charge < -0.3 is 10.6 Å². The van der Waals surface area contributed by atoms with E-state index in [9.17, 15) is 9.59 Å². The highest BCUT2D eigenvalue weighted by molar-refractivity contribution is 14.1. The Labute approximate surface area is 134 Å².